The summed E-state index contributed by atoms with van der Waals surface area (Å²) in [7, 11) is 0. The third-order valence-corrected chi connectivity index (χ3v) is 3.48. The molecule has 0 aliphatic carbocycles. The van der Waals surface area contributed by atoms with E-state index in [2.05, 4.69) is 16.9 Å². The van der Waals surface area contributed by atoms with Gasteiger partial charge in [-0.3, -0.25) is 9.58 Å². The Hall–Kier alpha value is -0.910. The Bertz CT molecular complexity index is 352. The van der Waals surface area contributed by atoms with Crippen molar-refractivity contribution in [3.63, 3.8) is 0 Å². The van der Waals surface area contributed by atoms with Crippen LogP contribution < -0.4 is 5.73 Å². The van der Waals surface area contributed by atoms with E-state index in [-0.39, 0.29) is 6.61 Å². The predicted molar refractivity (Wildman–Crippen MR) is 66.3 cm³/mol. The molecule has 1 saturated heterocycles. The fourth-order valence-corrected chi connectivity index (χ4v) is 2.36. The summed E-state index contributed by atoms with van der Waals surface area (Å²) in [5.41, 5.74) is 7.22. The summed E-state index contributed by atoms with van der Waals surface area (Å²) in [5, 5.41) is 13.0. The molecule has 2 atom stereocenters. The summed E-state index contributed by atoms with van der Waals surface area (Å²) in [4.78, 5) is 2.42. The molecule has 0 spiro atoms. The van der Waals surface area contributed by atoms with E-state index in [4.69, 9.17) is 10.8 Å². The first-order valence-electron chi connectivity index (χ1n) is 6.29. The molecule has 1 aromatic rings. The van der Waals surface area contributed by atoms with Crippen molar-refractivity contribution in [2.75, 3.05) is 19.7 Å². The lowest BCUT2D eigenvalue weighted by molar-refractivity contribution is 0.157. The Morgan fingerprint density at radius 1 is 1.59 bits per heavy atom. The van der Waals surface area contributed by atoms with E-state index >= 15 is 0 Å². The number of nitrogens with two attached hydrogens (primary N) is 1. The fourth-order valence-electron chi connectivity index (χ4n) is 2.36. The molecule has 5 nitrogen and oxygen atoms in total. The molecular formula is C12H22N4O. The van der Waals surface area contributed by atoms with Gasteiger partial charge in [0.2, 0.25) is 0 Å². The number of hydrogen-bond acceptors (Lipinski definition) is 4. The second-order valence-electron chi connectivity index (χ2n) is 5.00. The molecule has 5 heteroatoms. The maximum absolute atomic E-state index is 8.83. The van der Waals surface area contributed by atoms with Crippen LogP contribution in [-0.4, -0.2) is 45.5 Å². The van der Waals surface area contributed by atoms with Crippen LogP contribution in [0.25, 0.3) is 0 Å². The molecule has 0 bridgehead atoms. The zero-order chi connectivity index (χ0) is 12.3. The zero-order valence-corrected chi connectivity index (χ0v) is 10.4. The molecule has 1 aliphatic heterocycles. The topological polar surface area (TPSA) is 67.3 Å². The molecule has 2 heterocycles. The van der Waals surface area contributed by atoms with Gasteiger partial charge < -0.3 is 10.8 Å². The lowest BCUT2D eigenvalue weighted by Gasteiger charge is -2.34. The van der Waals surface area contributed by atoms with E-state index in [1.807, 2.05) is 12.4 Å². The minimum absolute atomic E-state index is 0.136. The van der Waals surface area contributed by atoms with Gasteiger partial charge in [0.1, 0.15) is 0 Å². The number of aromatic nitrogens is 2. The van der Waals surface area contributed by atoms with E-state index in [0.29, 0.717) is 18.5 Å². The van der Waals surface area contributed by atoms with E-state index < -0.39 is 0 Å². The van der Waals surface area contributed by atoms with E-state index in [1.165, 1.54) is 5.56 Å². The van der Waals surface area contributed by atoms with Gasteiger partial charge in [0.05, 0.1) is 19.3 Å². The number of rotatable bonds is 4. The van der Waals surface area contributed by atoms with Crippen LogP contribution in [0.5, 0.6) is 0 Å². The van der Waals surface area contributed by atoms with E-state index in [0.717, 1.165) is 26.1 Å². The first kappa shape index (κ1) is 12.5. The molecular weight excluding hydrogens is 216 g/mol. The highest BCUT2D eigenvalue weighted by Gasteiger charge is 2.23. The average molecular weight is 238 g/mol. The van der Waals surface area contributed by atoms with Crippen LogP contribution in [0, 0.1) is 5.92 Å². The quantitative estimate of drug-likeness (QED) is 0.777. The predicted octanol–water partition coefficient (Wildman–Crippen LogP) is 0.0445. The average Bonchev–Trinajstić information content (AvgIpc) is 2.72. The highest BCUT2D eigenvalue weighted by Crippen LogP contribution is 2.17. The van der Waals surface area contributed by atoms with E-state index in [1.54, 1.807) is 4.68 Å². The van der Waals surface area contributed by atoms with Gasteiger partial charge >= 0.3 is 0 Å². The number of likely N-dealkylation sites (tertiary alicyclic amines) is 1. The standard InChI is InChI=1S/C12H22N4O/c1-10-7-15(3-2-12(10)13)8-11-6-14-16(9-11)4-5-17/h6,9-10,12,17H,2-5,7-8,13H2,1H3. The Morgan fingerprint density at radius 3 is 3.12 bits per heavy atom. The molecule has 2 rings (SSSR count). The highest BCUT2D eigenvalue weighted by atomic mass is 16.3. The molecule has 1 aliphatic rings. The van der Waals surface area contributed by atoms with Gasteiger partial charge in [-0.05, 0) is 18.9 Å². The van der Waals surface area contributed by atoms with Crippen molar-refractivity contribution < 1.29 is 5.11 Å². The molecule has 0 aromatic carbocycles. The maximum Gasteiger partial charge on any atom is 0.0640 e. The van der Waals surface area contributed by atoms with Crippen LogP contribution in [0.4, 0.5) is 0 Å². The molecule has 3 N–H and O–H groups in total. The summed E-state index contributed by atoms with van der Waals surface area (Å²) in [5.74, 6) is 0.566. The molecule has 1 fully saturated rings. The van der Waals surface area contributed by atoms with Crippen molar-refractivity contribution in [1.82, 2.24) is 14.7 Å². The van der Waals surface area contributed by atoms with Crippen molar-refractivity contribution in [2.24, 2.45) is 11.7 Å². The minimum Gasteiger partial charge on any atom is -0.394 e. The molecule has 2 unspecified atom stereocenters. The molecule has 1 aromatic heterocycles. The Balaban J connectivity index is 1.87. The molecule has 17 heavy (non-hydrogen) atoms. The summed E-state index contributed by atoms with van der Waals surface area (Å²) < 4.78 is 1.79. The SMILES string of the molecule is CC1CN(Cc2cnn(CCO)c2)CCC1N. The van der Waals surface area contributed by atoms with Gasteiger partial charge in [-0.2, -0.15) is 5.10 Å². The first-order valence-corrected chi connectivity index (χ1v) is 6.29. The molecule has 0 radical (unpaired) electrons. The van der Waals surface area contributed by atoms with Gasteiger partial charge in [0.15, 0.2) is 0 Å². The Labute approximate surface area is 102 Å². The highest BCUT2D eigenvalue weighted by molar-refractivity contribution is 5.04. The van der Waals surface area contributed by atoms with Gasteiger partial charge in [-0.25, -0.2) is 0 Å². The van der Waals surface area contributed by atoms with Crippen LogP contribution in [0.1, 0.15) is 18.9 Å². The van der Waals surface area contributed by atoms with Crippen molar-refractivity contribution in [3.8, 4) is 0 Å². The summed E-state index contributed by atoms with van der Waals surface area (Å²) in [6.45, 7) is 5.98. The lowest BCUT2D eigenvalue weighted by atomic mass is 9.95. The van der Waals surface area contributed by atoms with Crippen LogP contribution in [0.3, 0.4) is 0 Å². The van der Waals surface area contributed by atoms with Gasteiger partial charge in [0.25, 0.3) is 0 Å². The number of hydrogen-bond donors (Lipinski definition) is 2. The fraction of sp³-hybridized carbons (Fsp3) is 0.750. The molecule has 96 valence electrons. The molecule has 0 saturated carbocycles. The third kappa shape index (κ3) is 3.28. The van der Waals surface area contributed by atoms with Gasteiger partial charge in [-0.15, -0.1) is 0 Å². The maximum atomic E-state index is 8.83. The second kappa shape index (κ2) is 5.62. The largest absolute Gasteiger partial charge is 0.394 e. The Morgan fingerprint density at radius 2 is 2.41 bits per heavy atom. The normalized spacial score (nSPS) is 26.3. The van der Waals surface area contributed by atoms with Crippen molar-refractivity contribution in [3.05, 3.63) is 18.0 Å². The van der Waals surface area contributed by atoms with Crippen LogP contribution in [0.15, 0.2) is 12.4 Å². The number of nitrogens with zero attached hydrogens (tertiary/aromatic N) is 3. The van der Waals surface area contributed by atoms with Crippen LogP contribution >= 0.6 is 0 Å². The van der Waals surface area contributed by atoms with Crippen LogP contribution in [0.2, 0.25) is 0 Å². The molecule has 0 amide bonds. The smallest absolute Gasteiger partial charge is 0.0640 e. The summed E-state index contributed by atoms with van der Waals surface area (Å²) in [6, 6.07) is 0.350. The van der Waals surface area contributed by atoms with Crippen LogP contribution in [-0.2, 0) is 13.1 Å². The van der Waals surface area contributed by atoms with Crippen molar-refractivity contribution in [2.45, 2.75) is 32.5 Å². The lowest BCUT2D eigenvalue weighted by Crippen LogP contribution is -2.45. The van der Waals surface area contributed by atoms with E-state index in [9.17, 15) is 0 Å². The first-order chi connectivity index (χ1) is 8.19. The van der Waals surface area contributed by atoms with Gasteiger partial charge in [-0.1, -0.05) is 6.92 Å². The number of aliphatic hydroxyl groups is 1. The minimum atomic E-state index is 0.136. The van der Waals surface area contributed by atoms with Gasteiger partial charge in [0, 0.05) is 30.9 Å². The third-order valence-electron chi connectivity index (χ3n) is 3.48. The number of aliphatic hydroxyl groups excluding tert-OH is 1. The second-order valence-corrected chi connectivity index (χ2v) is 5.00. The summed E-state index contributed by atoms with van der Waals surface area (Å²) in [6.07, 6.45) is 4.97. The number of piperidine rings is 1. The monoisotopic (exact) mass is 238 g/mol. The zero-order valence-electron chi connectivity index (χ0n) is 10.4. The van der Waals surface area contributed by atoms with Crippen molar-refractivity contribution >= 4 is 0 Å². The Kier molecular flexibility index (Phi) is 4.15. The summed E-state index contributed by atoms with van der Waals surface area (Å²) >= 11 is 0. The van der Waals surface area contributed by atoms with Crippen molar-refractivity contribution in [1.29, 1.82) is 0 Å².